The number of aromatic nitrogens is 2. The normalized spacial score (nSPS) is 10.9. The number of thioether (sulfide) groups is 1. The molecule has 1 aromatic carbocycles. The van der Waals surface area contributed by atoms with Gasteiger partial charge in [-0.15, -0.1) is 23.1 Å². The van der Waals surface area contributed by atoms with Gasteiger partial charge in [0.05, 0.1) is 11.3 Å². The average molecular weight is 318 g/mol. The standard InChI is InChI=1S/C14H10N2O3S2/c17-12-7-9(15-14-16(12)5-6-20-14)8-21-11-4-2-1-3-10(11)13(18)19/h1-7H,8H2,(H,18,19). The second-order valence-corrected chi connectivity index (χ2v) is 6.12. The van der Waals surface area contributed by atoms with Crippen molar-refractivity contribution >= 4 is 34.0 Å². The highest BCUT2D eigenvalue weighted by Gasteiger charge is 2.10. The number of aromatic carboxylic acids is 1. The molecule has 0 aliphatic rings. The van der Waals surface area contributed by atoms with Crippen molar-refractivity contribution in [2.75, 3.05) is 0 Å². The fraction of sp³-hybridized carbons (Fsp3) is 0.0714. The molecule has 106 valence electrons. The zero-order valence-electron chi connectivity index (χ0n) is 10.7. The lowest BCUT2D eigenvalue weighted by Crippen LogP contribution is -2.12. The van der Waals surface area contributed by atoms with Gasteiger partial charge < -0.3 is 5.11 Å². The van der Waals surface area contributed by atoms with Crippen LogP contribution in [-0.4, -0.2) is 20.5 Å². The number of fused-ring (bicyclic) bond motifs is 1. The molecule has 7 heteroatoms. The molecule has 0 bridgehead atoms. The van der Waals surface area contributed by atoms with Crippen molar-refractivity contribution in [3.63, 3.8) is 0 Å². The summed E-state index contributed by atoms with van der Waals surface area (Å²) in [7, 11) is 0. The summed E-state index contributed by atoms with van der Waals surface area (Å²) >= 11 is 2.76. The maximum atomic E-state index is 11.9. The number of carboxylic acids is 1. The number of rotatable bonds is 4. The van der Waals surface area contributed by atoms with Crippen LogP contribution >= 0.6 is 23.1 Å². The summed E-state index contributed by atoms with van der Waals surface area (Å²) in [6.07, 6.45) is 1.69. The first-order chi connectivity index (χ1) is 10.1. The van der Waals surface area contributed by atoms with Crippen LogP contribution in [0, 0.1) is 0 Å². The van der Waals surface area contributed by atoms with E-state index in [9.17, 15) is 9.59 Å². The largest absolute Gasteiger partial charge is 0.478 e. The minimum atomic E-state index is -0.958. The molecule has 3 rings (SSSR count). The minimum absolute atomic E-state index is 0.122. The topological polar surface area (TPSA) is 71.7 Å². The number of hydrogen-bond acceptors (Lipinski definition) is 5. The Balaban J connectivity index is 1.87. The molecule has 0 saturated heterocycles. The molecule has 0 unspecified atom stereocenters. The maximum Gasteiger partial charge on any atom is 0.336 e. The molecular weight excluding hydrogens is 308 g/mol. The van der Waals surface area contributed by atoms with Crippen molar-refractivity contribution in [3.8, 4) is 0 Å². The molecule has 0 atom stereocenters. The van der Waals surface area contributed by atoms with E-state index in [1.54, 1.807) is 35.8 Å². The second kappa shape index (κ2) is 5.71. The SMILES string of the molecule is O=C(O)c1ccccc1SCc1cc(=O)n2ccsc2n1. The summed E-state index contributed by atoms with van der Waals surface area (Å²) in [5.74, 6) is -0.506. The van der Waals surface area contributed by atoms with Crippen molar-refractivity contribution in [2.45, 2.75) is 10.6 Å². The minimum Gasteiger partial charge on any atom is -0.478 e. The van der Waals surface area contributed by atoms with E-state index >= 15 is 0 Å². The molecule has 0 spiro atoms. The van der Waals surface area contributed by atoms with E-state index in [4.69, 9.17) is 5.11 Å². The molecule has 0 amide bonds. The first-order valence-electron chi connectivity index (χ1n) is 6.06. The molecule has 0 fully saturated rings. The van der Waals surface area contributed by atoms with Crippen molar-refractivity contribution in [1.82, 2.24) is 9.38 Å². The van der Waals surface area contributed by atoms with E-state index in [0.717, 1.165) is 0 Å². The Labute approximate surface area is 127 Å². The summed E-state index contributed by atoms with van der Waals surface area (Å²) in [5, 5.41) is 10.9. The van der Waals surface area contributed by atoms with Crippen LogP contribution in [0.1, 0.15) is 16.1 Å². The Morgan fingerprint density at radius 3 is 3.00 bits per heavy atom. The molecule has 0 aliphatic heterocycles. The van der Waals surface area contributed by atoms with Gasteiger partial charge in [-0.1, -0.05) is 12.1 Å². The molecule has 0 radical (unpaired) electrons. The van der Waals surface area contributed by atoms with Gasteiger partial charge in [-0.3, -0.25) is 9.20 Å². The predicted molar refractivity (Wildman–Crippen MR) is 82.3 cm³/mol. The van der Waals surface area contributed by atoms with Gasteiger partial charge in [0.25, 0.3) is 5.56 Å². The van der Waals surface area contributed by atoms with Gasteiger partial charge in [-0.05, 0) is 12.1 Å². The van der Waals surface area contributed by atoms with Crippen LogP contribution in [0.2, 0.25) is 0 Å². The van der Waals surface area contributed by atoms with Gasteiger partial charge in [0.2, 0.25) is 0 Å². The fourth-order valence-electron chi connectivity index (χ4n) is 1.88. The fourth-order valence-corrected chi connectivity index (χ4v) is 3.56. The molecule has 2 aromatic heterocycles. The molecule has 2 heterocycles. The van der Waals surface area contributed by atoms with Gasteiger partial charge in [-0.25, -0.2) is 9.78 Å². The third-order valence-corrected chi connectivity index (χ3v) is 4.71. The van der Waals surface area contributed by atoms with Gasteiger partial charge in [0.15, 0.2) is 4.96 Å². The molecule has 5 nitrogen and oxygen atoms in total. The Kier molecular flexibility index (Phi) is 3.76. The number of carbonyl (C=O) groups is 1. The smallest absolute Gasteiger partial charge is 0.336 e. The third kappa shape index (κ3) is 2.84. The second-order valence-electron chi connectivity index (χ2n) is 4.23. The quantitative estimate of drug-likeness (QED) is 0.749. The first-order valence-corrected chi connectivity index (χ1v) is 7.92. The predicted octanol–water partition coefficient (Wildman–Crippen LogP) is 2.75. The van der Waals surface area contributed by atoms with Crippen LogP contribution in [-0.2, 0) is 5.75 Å². The highest BCUT2D eigenvalue weighted by Crippen LogP contribution is 2.25. The zero-order valence-corrected chi connectivity index (χ0v) is 12.4. The van der Waals surface area contributed by atoms with E-state index < -0.39 is 5.97 Å². The van der Waals surface area contributed by atoms with Crippen molar-refractivity contribution in [3.05, 3.63) is 63.5 Å². The van der Waals surface area contributed by atoms with Gasteiger partial charge in [0, 0.05) is 28.3 Å². The summed E-state index contributed by atoms with van der Waals surface area (Å²) in [6.45, 7) is 0. The van der Waals surface area contributed by atoms with E-state index in [-0.39, 0.29) is 11.1 Å². The van der Waals surface area contributed by atoms with E-state index in [0.29, 0.717) is 21.3 Å². The van der Waals surface area contributed by atoms with E-state index in [1.165, 1.54) is 33.6 Å². The summed E-state index contributed by atoms with van der Waals surface area (Å²) in [5.41, 5.74) is 0.785. The number of nitrogens with zero attached hydrogens (tertiary/aromatic N) is 2. The summed E-state index contributed by atoms with van der Waals surface area (Å²) in [6, 6.07) is 8.28. The van der Waals surface area contributed by atoms with Crippen LogP contribution in [0.3, 0.4) is 0 Å². The van der Waals surface area contributed by atoms with Gasteiger partial charge in [0.1, 0.15) is 0 Å². The van der Waals surface area contributed by atoms with Crippen LogP contribution < -0.4 is 5.56 Å². The van der Waals surface area contributed by atoms with Crippen molar-refractivity contribution in [1.29, 1.82) is 0 Å². The molecule has 0 aliphatic carbocycles. The highest BCUT2D eigenvalue weighted by molar-refractivity contribution is 7.98. The Bertz CT molecular complexity index is 870. The molecule has 21 heavy (non-hydrogen) atoms. The van der Waals surface area contributed by atoms with Crippen LogP contribution in [0.25, 0.3) is 4.96 Å². The zero-order chi connectivity index (χ0) is 14.8. The van der Waals surface area contributed by atoms with Crippen LogP contribution in [0.4, 0.5) is 0 Å². The Morgan fingerprint density at radius 1 is 1.38 bits per heavy atom. The summed E-state index contributed by atoms with van der Waals surface area (Å²) in [4.78, 5) is 28.7. The lowest BCUT2D eigenvalue weighted by molar-refractivity contribution is 0.0693. The van der Waals surface area contributed by atoms with Crippen LogP contribution in [0.5, 0.6) is 0 Å². The number of benzene rings is 1. The van der Waals surface area contributed by atoms with E-state index in [2.05, 4.69) is 4.98 Å². The first kappa shape index (κ1) is 13.8. The van der Waals surface area contributed by atoms with Crippen molar-refractivity contribution < 1.29 is 9.90 Å². The lowest BCUT2D eigenvalue weighted by atomic mass is 10.2. The molecule has 3 aromatic rings. The number of carboxylic acid groups (broad SMARTS) is 1. The van der Waals surface area contributed by atoms with Gasteiger partial charge >= 0.3 is 5.97 Å². The molecular formula is C14H10N2O3S2. The lowest BCUT2D eigenvalue weighted by Gasteiger charge is -2.05. The van der Waals surface area contributed by atoms with Crippen LogP contribution in [0.15, 0.2) is 51.6 Å². The molecule has 1 N–H and O–H groups in total. The van der Waals surface area contributed by atoms with E-state index in [1.807, 2.05) is 0 Å². The third-order valence-electron chi connectivity index (χ3n) is 2.85. The van der Waals surface area contributed by atoms with Gasteiger partial charge in [-0.2, -0.15) is 0 Å². The number of thiazole rings is 1. The maximum absolute atomic E-state index is 11.9. The van der Waals surface area contributed by atoms with Crippen molar-refractivity contribution in [2.24, 2.45) is 0 Å². The highest BCUT2D eigenvalue weighted by atomic mass is 32.2. The molecule has 0 saturated carbocycles. The summed E-state index contributed by atoms with van der Waals surface area (Å²) < 4.78 is 1.49. The Morgan fingerprint density at radius 2 is 2.19 bits per heavy atom. The average Bonchev–Trinajstić information content (AvgIpc) is 2.94. The Hall–Kier alpha value is -2.12. The number of hydrogen-bond donors (Lipinski definition) is 1. The monoisotopic (exact) mass is 318 g/mol.